The fourth-order valence-electron chi connectivity index (χ4n) is 0.119. The third kappa shape index (κ3) is 2.58. The van der Waals surface area contributed by atoms with E-state index in [0.29, 0.717) is 45.2 Å². The molecule has 0 atom stereocenters. The first-order chi connectivity index (χ1) is 4.50. The first-order valence-electron chi connectivity index (χ1n) is 1.76. The van der Waals surface area contributed by atoms with Crippen LogP contribution in [0.15, 0.2) is 0 Å². The Kier molecular flexibility index (Phi) is 3.52. The van der Waals surface area contributed by atoms with Crippen molar-refractivity contribution in [3.63, 3.8) is 0 Å². The highest BCUT2D eigenvalue weighted by molar-refractivity contribution is 14.2. The van der Waals surface area contributed by atoms with Crippen molar-refractivity contribution in [3.05, 3.63) is 0 Å². The van der Waals surface area contributed by atoms with Crippen molar-refractivity contribution in [2.45, 2.75) is 0.0925 Å². The number of alkyl halides is 2. The molecule has 0 spiro atoms. The van der Waals surface area contributed by atoms with Crippen LogP contribution in [-0.2, 0) is 20.4 Å². The maximum Gasteiger partial charge on any atom is 0.344 e. The molecule has 11 heavy (non-hydrogen) atoms. The van der Waals surface area contributed by atoms with Crippen molar-refractivity contribution in [1.29, 1.82) is 0 Å². The van der Waals surface area contributed by atoms with Gasteiger partial charge in [0, 0.05) is 0 Å². The van der Waals surface area contributed by atoms with Gasteiger partial charge in [-0.3, -0.25) is 0 Å². The summed E-state index contributed by atoms with van der Waals surface area (Å²) < 4.78 is 60.9. The normalized spacial score (nSPS) is 14.9. The van der Waals surface area contributed by atoms with E-state index in [-0.39, 0.29) is 0 Å². The SMILES string of the molecule is O=S(=O)(F)C(I)(I)S(=O)(=O)F. The molecule has 4 nitrogen and oxygen atoms in total. The zero-order valence-electron chi connectivity index (χ0n) is 4.46. The van der Waals surface area contributed by atoms with Crippen LogP contribution in [0.4, 0.5) is 7.77 Å². The Morgan fingerprint density at radius 3 is 1.09 bits per heavy atom. The zero-order valence-corrected chi connectivity index (χ0v) is 10.4. The van der Waals surface area contributed by atoms with Crippen LogP contribution in [0.3, 0.4) is 0 Å². The van der Waals surface area contributed by atoms with E-state index < -0.39 is 20.5 Å². The van der Waals surface area contributed by atoms with Gasteiger partial charge in [0.25, 0.3) is 0 Å². The standard InChI is InChI=1S/CF2I2O4S2/c2-10(6,7)1(4,5)11(3,8)9. The van der Waals surface area contributed by atoms with Gasteiger partial charge in [0.05, 0.1) is 0 Å². The lowest BCUT2D eigenvalue weighted by Gasteiger charge is -2.08. The molecule has 0 N–H and O–H groups in total. The Balaban J connectivity index is 5.45. The van der Waals surface area contributed by atoms with Crippen LogP contribution in [0.1, 0.15) is 0 Å². The molecule has 0 fully saturated rings. The second-order valence-corrected chi connectivity index (χ2v) is 12.8. The zero-order chi connectivity index (χ0) is 9.50. The predicted octanol–water partition coefficient (Wildman–Crippen LogP) is 1.07. The van der Waals surface area contributed by atoms with Crippen molar-refractivity contribution in [3.8, 4) is 0 Å². The van der Waals surface area contributed by atoms with Gasteiger partial charge in [-0.15, -0.1) is 7.77 Å². The van der Waals surface area contributed by atoms with Crippen molar-refractivity contribution in [2.24, 2.45) is 0 Å². The molecule has 0 heterocycles. The Morgan fingerprint density at radius 1 is 0.909 bits per heavy atom. The number of rotatable bonds is 2. The van der Waals surface area contributed by atoms with Crippen LogP contribution in [0, 0.1) is 0 Å². The van der Waals surface area contributed by atoms with Crippen LogP contribution in [0.2, 0.25) is 0 Å². The fraction of sp³-hybridized carbons (Fsp3) is 1.00. The van der Waals surface area contributed by atoms with E-state index in [9.17, 15) is 24.6 Å². The molecule has 0 saturated heterocycles. The molecule has 0 radical (unpaired) electrons. The molecule has 0 unspecified atom stereocenters. The number of hydrogen-bond donors (Lipinski definition) is 0. The van der Waals surface area contributed by atoms with E-state index in [0.717, 1.165) is 0 Å². The van der Waals surface area contributed by atoms with E-state index in [1.807, 2.05) is 0 Å². The van der Waals surface area contributed by atoms with Gasteiger partial charge < -0.3 is 0 Å². The van der Waals surface area contributed by atoms with Gasteiger partial charge in [-0.1, -0.05) is 0 Å². The molecule has 0 aliphatic heterocycles. The molecule has 10 heteroatoms. The van der Waals surface area contributed by atoms with Crippen molar-refractivity contribution >= 4 is 65.6 Å². The van der Waals surface area contributed by atoms with Gasteiger partial charge in [0.1, 0.15) is 0 Å². The molecule has 0 aromatic rings. The summed E-state index contributed by atoms with van der Waals surface area (Å²) in [5, 5.41) is 0. The first kappa shape index (κ1) is 12.2. The third-order valence-electron chi connectivity index (χ3n) is 0.568. The van der Waals surface area contributed by atoms with Crippen LogP contribution in [-0.4, -0.2) is 16.9 Å². The highest BCUT2D eigenvalue weighted by Gasteiger charge is 2.52. The minimum Gasteiger partial charge on any atom is -0.191 e. The van der Waals surface area contributed by atoms with E-state index in [1.54, 1.807) is 0 Å². The monoisotopic (exact) mass is 432 g/mol. The average Bonchev–Trinajstić information content (AvgIpc) is 1.58. The quantitative estimate of drug-likeness (QED) is 0.372. The molecule has 0 aliphatic rings. The summed E-state index contributed by atoms with van der Waals surface area (Å²) in [4.78, 5) is 0. The summed E-state index contributed by atoms with van der Waals surface area (Å²) in [6.07, 6.45) is 0. The summed E-state index contributed by atoms with van der Waals surface area (Å²) in [7, 11) is -10.9. The summed E-state index contributed by atoms with van der Waals surface area (Å²) in [5.74, 6) is 0. The minimum absolute atomic E-state index is 0.650. The molecular weight excluding hydrogens is 432 g/mol. The van der Waals surface area contributed by atoms with E-state index in [1.165, 1.54) is 0 Å². The predicted molar refractivity (Wildman–Crippen MR) is 50.8 cm³/mol. The van der Waals surface area contributed by atoms with E-state index >= 15 is 0 Å². The minimum atomic E-state index is -5.45. The highest BCUT2D eigenvalue weighted by atomic mass is 127. The van der Waals surface area contributed by atoms with Crippen molar-refractivity contribution < 1.29 is 24.6 Å². The lowest BCUT2D eigenvalue weighted by Crippen LogP contribution is -2.28. The van der Waals surface area contributed by atoms with Crippen LogP contribution >= 0.6 is 45.2 Å². The Labute approximate surface area is 89.4 Å². The second-order valence-electron chi connectivity index (χ2n) is 1.34. The van der Waals surface area contributed by atoms with Gasteiger partial charge in [0.2, 0.25) is 0 Å². The molecule has 0 aromatic carbocycles. The smallest absolute Gasteiger partial charge is 0.191 e. The topological polar surface area (TPSA) is 68.3 Å². The van der Waals surface area contributed by atoms with Crippen molar-refractivity contribution in [2.75, 3.05) is 0 Å². The summed E-state index contributed by atoms with van der Waals surface area (Å²) in [5.41, 5.74) is 0. The van der Waals surface area contributed by atoms with Crippen LogP contribution in [0.5, 0.6) is 0 Å². The summed E-state index contributed by atoms with van der Waals surface area (Å²) in [6, 6.07) is 0. The number of halogens is 4. The molecule has 0 saturated carbocycles. The lowest BCUT2D eigenvalue weighted by molar-refractivity contribution is 0.539. The highest BCUT2D eigenvalue weighted by Crippen LogP contribution is 2.41. The molecule has 0 amide bonds. The average molecular weight is 432 g/mol. The van der Waals surface area contributed by atoms with Gasteiger partial charge in [-0.2, -0.15) is 16.8 Å². The maximum atomic E-state index is 12.0. The molecule has 0 bridgehead atoms. The van der Waals surface area contributed by atoms with Crippen LogP contribution < -0.4 is 0 Å². The summed E-state index contributed by atoms with van der Waals surface area (Å²) in [6.45, 7) is 0. The van der Waals surface area contributed by atoms with Crippen molar-refractivity contribution in [1.82, 2.24) is 0 Å². The first-order valence-corrected chi connectivity index (χ1v) is 6.69. The van der Waals surface area contributed by atoms with Gasteiger partial charge in [-0.25, -0.2) is 0 Å². The van der Waals surface area contributed by atoms with Gasteiger partial charge in [-0.05, 0) is 45.2 Å². The Bertz CT molecular complexity index is 306. The van der Waals surface area contributed by atoms with Gasteiger partial charge >= 0.3 is 20.5 Å². The molecule has 0 aliphatic carbocycles. The third-order valence-corrected chi connectivity index (χ3v) is 9.21. The number of hydrogen-bond acceptors (Lipinski definition) is 4. The maximum absolute atomic E-state index is 12.0. The Hall–Kier alpha value is 1.22. The fourth-order valence-corrected chi connectivity index (χ4v) is 1.07. The molecule has 68 valence electrons. The molecular formula is CF2I2O4S2. The summed E-state index contributed by atoms with van der Waals surface area (Å²) >= 11 is 1.30. The van der Waals surface area contributed by atoms with Gasteiger partial charge in [0.15, 0.2) is 0 Å². The second kappa shape index (κ2) is 3.17. The van der Waals surface area contributed by atoms with Crippen LogP contribution in [0.25, 0.3) is 0 Å². The molecule has 0 rings (SSSR count). The largest absolute Gasteiger partial charge is 0.344 e. The van der Waals surface area contributed by atoms with E-state index in [4.69, 9.17) is 0 Å². The Morgan fingerprint density at radius 2 is 1.09 bits per heavy atom. The molecule has 0 aromatic heterocycles. The van der Waals surface area contributed by atoms with E-state index in [2.05, 4.69) is 0 Å². The lowest BCUT2D eigenvalue weighted by atomic mass is 11.9.